The van der Waals surface area contributed by atoms with E-state index in [1.54, 1.807) is 0 Å². The summed E-state index contributed by atoms with van der Waals surface area (Å²) in [6, 6.07) is 6.10. The maximum atomic E-state index is 10.7. The summed E-state index contributed by atoms with van der Waals surface area (Å²) >= 11 is 0. The number of aliphatic imine (C=N–C) groups is 1. The molecule has 9 nitrogen and oxygen atoms in total. The maximum Gasteiger partial charge on any atom is 0.306 e. The molecule has 0 aliphatic heterocycles. The number of halogens is 1. The number of rotatable bonds is 9. The van der Waals surface area contributed by atoms with Crippen molar-refractivity contribution in [2.24, 2.45) is 4.99 Å². The average Bonchev–Trinajstić information content (AvgIpc) is 3.09. The van der Waals surface area contributed by atoms with Crippen molar-refractivity contribution in [1.82, 2.24) is 20.4 Å². The van der Waals surface area contributed by atoms with Gasteiger partial charge in [-0.2, -0.15) is 5.10 Å². The Bertz CT molecular complexity index is 822. The maximum absolute atomic E-state index is 10.7. The molecule has 0 aliphatic carbocycles. The number of benzene rings is 1. The monoisotopic (exact) mass is 516 g/mol. The van der Waals surface area contributed by atoms with Crippen LogP contribution in [0.4, 0.5) is 5.69 Å². The molecule has 0 saturated carbocycles. The van der Waals surface area contributed by atoms with Crippen LogP contribution in [0.2, 0.25) is 0 Å². The average molecular weight is 516 g/mol. The Balaban J connectivity index is 0.00000420. The summed E-state index contributed by atoms with van der Waals surface area (Å²) in [4.78, 5) is 14.9. The van der Waals surface area contributed by atoms with Crippen molar-refractivity contribution in [1.29, 1.82) is 0 Å². The van der Waals surface area contributed by atoms with Crippen LogP contribution < -0.4 is 15.4 Å². The van der Waals surface area contributed by atoms with Gasteiger partial charge in [-0.25, -0.2) is 4.99 Å². The van der Waals surface area contributed by atoms with E-state index in [1.165, 1.54) is 17.1 Å². The minimum absolute atomic E-state index is 0. The second-order valence-electron chi connectivity index (χ2n) is 6.62. The fourth-order valence-electron chi connectivity index (χ4n) is 2.52. The lowest BCUT2D eigenvalue weighted by atomic mass is 10.1. The summed E-state index contributed by atoms with van der Waals surface area (Å²) in [5.41, 5.74) is 2.14. The standard InChI is InChI=1S/C19H28N6O3.HI/c1-5-20-19(21-8-9-24-13-17(12-23-24)25(26)27)22-11-16-7-6-15(4)10-18(16)28-14(2)3;/h6-7,10,12-14H,5,8-9,11H2,1-4H3,(H2,20,21,22);1H. The summed E-state index contributed by atoms with van der Waals surface area (Å²) in [6.07, 6.45) is 2.74. The highest BCUT2D eigenvalue weighted by molar-refractivity contribution is 14.0. The van der Waals surface area contributed by atoms with Gasteiger partial charge in [0.25, 0.3) is 0 Å². The molecule has 0 aliphatic rings. The molecule has 10 heteroatoms. The first-order valence-corrected chi connectivity index (χ1v) is 9.34. The van der Waals surface area contributed by atoms with E-state index >= 15 is 0 Å². The Labute approximate surface area is 188 Å². The number of hydrogen-bond donors (Lipinski definition) is 2. The highest BCUT2D eigenvalue weighted by Crippen LogP contribution is 2.22. The lowest BCUT2D eigenvalue weighted by Gasteiger charge is -2.15. The molecule has 0 unspecified atom stereocenters. The van der Waals surface area contributed by atoms with Crippen molar-refractivity contribution in [2.45, 2.75) is 46.9 Å². The van der Waals surface area contributed by atoms with Crippen molar-refractivity contribution < 1.29 is 9.66 Å². The van der Waals surface area contributed by atoms with E-state index in [0.29, 0.717) is 25.6 Å². The van der Waals surface area contributed by atoms with Crippen LogP contribution in [0, 0.1) is 17.0 Å². The van der Waals surface area contributed by atoms with Crippen molar-refractivity contribution in [2.75, 3.05) is 13.1 Å². The number of nitrogens with one attached hydrogen (secondary N) is 2. The second kappa shape index (κ2) is 12.2. The van der Waals surface area contributed by atoms with Crippen molar-refractivity contribution >= 4 is 35.6 Å². The number of aromatic nitrogens is 2. The number of aryl methyl sites for hydroxylation is 1. The van der Waals surface area contributed by atoms with Gasteiger partial charge in [0.15, 0.2) is 5.96 Å². The van der Waals surface area contributed by atoms with Gasteiger partial charge in [0.05, 0.1) is 24.1 Å². The highest BCUT2D eigenvalue weighted by Gasteiger charge is 2.09. The van der Waals surface area contributed by atoms with Crippen LogP contribution in [0.15, 0.2) is 35.6 Å². The number of ether oxygens (including phenoxy) is 1. The van der Waals surface area contributed by atoms with E-state index in [4.69, 9.17) is 4.74 Å². The Morgan fingerprint density at radius 3 is 2.76 bits per heavy atom. The lowest BCUT2D eigenvalue weighted by molar-refractivity contribution is -0.385. The molecule has 0 radical (unpaired) electrons. The van der Waals surface area contributed by atoms with Gasteiger partial charge in [-0.1, -0.05) is 12.1 Å². The van der Waals surface area contributed by atoms with Crippen molar-refractivity contribution in [3.05, 3.63) is 51.8 Å². The van der Waals surface area contributed by atoms with Gasteiger partial charge < -0.3 is 15.4 Å². The van der Waals surface area contributed by atoms with Crippen LogP contribution >= 0.6 is 24.0 Å². The Kier molecular flexibility index (Phi) is 10.4. The fraction of sp³-hybridized carbons (Fsp3) is 0.474. The SMILES string of the molecule is CCNC(=NCc1ccc(C)cc1OC(C)C)NCCn1cc([N+](=O)[O-])cn1.I. The predicted octanol–water partition coefficient (Wildman–Crippen LogP) is 3.26. The molecule has 2 aromatic rings. The van der Waals surface area contributed by atoms with E-state index in [9.17, 15) is 10.1 Å². The molecule has 0 fully saturated rings. The van der Waals surface area contributed by atoms with Gasteiger partial charge in [0.2, 0.25) is 0 Å². The summed E-state index contributed by atoms with van der Waals surface area (Å²) in [5, 5.41) is 21.1. The van der Waals surface area contributed by atoms with Gasteiger partial charge in [0.1, 0.15) is 18.1 Å². The van der Waals surface area contributed by atoms with Crippen LogP contribution in [0.1, 0.15) is 31.9 Å². The van der Waals surface area contributed by atoms with E-state index in [-0.39, 0.29) is 35.8 Å². The molecule has 0 atom stereocenters. The molecule has 2 rings (SSSR count). The van der Waals surface area contributed by atoms with Gasteiger partial charge in [-0.15, -0.1) is 24.0 Å². The third-order valence-corrected chi connectivity index (χ3v) is 3.80. The number of nitro groups is 1. The van der Waals surface area contributed by atoms with Crippen LogP contribution in [-0.2, 0) is 13.1 Å². The number of hydrogen-bond acceptors (Lipinski definition) is 5. The molecular formula is C19H29IN6O3. The van der Waals surface area contributed by atoms with E-state index in [0.717, 1.165) is 23.4 Å². The zero-order chi connectivity index (χ0) is 20.5. The Hall–Kier alpha value is -2.37. The fourth-order valence-corrected chi connectivity index (χ4v) is 2.52. The minimum Gasteiger partial charge on any atom is -0.491 e. The van der Waals surface area contributed by atoms with E-state index < -0.39 is 4.92 Å². The smallest absolute Gasteiger partial charge is 0.306 e. The topological polar surface area (TPSA) is 107 Å². The summed E-state index contributed by atoms with van der Waals surface area (Å²) < 4.78 is 7.43. The second-order valence-corrected chi connectivity index (χ2v) is 6.62. The first-order valence-electron chi connectivity index (χ1n) is 9.34. The zero-order valence-corrected chi connectivity index (χ0v) is 19.5. The van der Waals surface area contributed by atoms with E-state index in [1.807, 2.05) is 45.9 Å². The highest BCUT2D eigenvalue weighted by atomic mass is 127. The number of nitrogens with zero attached hydrogens (tertiary/aromatic N) is 4. The van der Waals surface area contributed by atoms with Crippen LogP contribution in [0.25, 0.3) is 0 Å². The largest absolute Gasteiger partial charge is 0.491 e. The normalized spacial score (nSPS) is 11.1. The van der Waals surface area contributed by atoms with Crippen LogP contribution in [0.3, 0.4) is 0 Å². The molecule has 1 aromatic heterocycles. The molecule has 1 aromatic carbocycles. The Morgan fingerprint density at radius 1 is 1.38 bits per heavy atom. The van der Waals surface area contributed by atoms with Gasteiger partial charge >= 0.3 is 5.69 Å². The molecule has 0 amide bonds. The molecule has 0 saturated heterocycles. The van der Waals surface area contributed by atoms with Crippen LogP contribution in [0.5, 0.6) is 5.75 Å². The van der Waals surface area contributed by atoms with Crippen molar-refractivity contribution in [3.8, 4) is 5.75 Å². The first-order chi connectivity index (χ1) is 13.4. The lowest BCUT2D eigenvalue weighted by Crippen LogP contribution is -2.38. The molecule has 0 spiro atoms. The minimum atomic E-state index is -0.457. The van der Waals surface area contributed by atoms with E-state index in [2.05, 4.69) is 20.7 Å². The van der Waals surface area contributed by atoms with Crippen LogP contribution in [-0.4, -0.2) is 39.9 Å². The molecular weight excluding hydrogens is 487 g/mol. The summed E-state index contributed by atoms with van der Waals surface area (Å²) in [6.45, 7) is 10.3. The molecule has 2 N–H and O–H groups in total. The predicted molar refractivity (Wildman–Crippen MR) is 124 cm³/mol. The molecule has 160 valence electrons. The quantitative estimate of drug-likeness (QED) is 0.174. The third-order valence-electron chi connectivity index (χ3n) is 3.80. The third kappa shape index (κ3) is 8.26. The van der Waals surface area contributed by atoms with Crippen molar-refractivity contribution in [3.63, 3.8) is 0 Å². The van der Waals surface area contributed by atoms with Gasteiger partial charge in [-0.05, 0) is 39.3 Å². The first kappa shape index (κ1) is 24.7. The van der Waals surface area contributed by atoms with Gasteiger partial charge in [0, 0.05) is 18.7 Å². The summed E-state index contributed by atoms with van der Waals surface area (Å²) in [5.74, 6) is 1.51. The number of guanidine groups is 1. The molecule has 29 heavy (non-hydrogen) atoms. The zero-order valence-electron chi connectivity index (χ0n) is 17.2. The molecule has 0 bridgehead atoms. The molecule has 1 heterocycles. The Morgan fingerprint density at radius 2 is 2.14 bits per heavy atom. The van der Waals surface area contributed by atoms with Gasteiger partial charge in [-0.3, -0.25) is 14.8 Å². The summed E-state index contributed by atoms with van der Waals surface area (Å²) in [7, 11) is 0.